The van der Waals surface area contributed by atoms with E-state index in [0.29, 0.717) is 27.3 Å². The zero-order valence-electron chi connectivity index (χ0n) is 20.8. The lowest BCUT2D eigenvalue weighted by Crippen LogP contribution is -2.34. The molecule has 11 heteroatoms. The van der Waals surface area contributed by atoms with E-state index in [-0.39, 0.29) is 40.2 Å². The standard InChI is InChI=1S/C28H24F2N4O5/c1-15-10-16(6-9-19(15)27(37)32-18-7-8-18)22-12-31-26-21(34(28(38)39)14-24(29)30)11-17(13-33(22)26)25(36)20-4-2-3-5-23(20)35/h2-6,9-13,18,24,35H,7-8,14H2,1H3,(H,32,37)(H,38,39). The predicted octanol–water partition coefficient (Wildman–Crippen LogP) is 4.89. The van der Waals surface area contributed by atoms with Gasteiger partial charge in [0.15, 0.2) is 11.4 Å². The molecule has 39 heavy (non-hydrogen) atoms. The molecule has 1 aliphatic rings. The van der Waals surface area contributed by atoms with Crippen LogP contribution < -0.4 is 10.2 Å². The minimum absolute atomic E-state index is 0.0371. The largest absolute Gasteiger partial charge is 0.507 e. The molecule has 0 spiro atoms. The molecule has 0 radical (unpaired) electrons. The number of alkyl halides is 2. The summed E-state index contributed by atoms with van der Waals surface area (Å²) in [7, 11) is 0. The lowest BCUT2D eigenvalue weighted by molar-refractivity contribution is 0.0949. The number of hydrogen-bond donors (Lipinski definition) is 3. The van der Waals surface area contributed by atoms with Crippen LogP contribution in [-0.4, -0.2) is 56.4 Å². The zero-order chi connectivity index (χ0) is 27.8. The number of phenols is 1. The molecule has 0 atom stereocenters. The van der Waals surface area contributed by atoms with Gasteiger partial charge in [-0.25, -0.2) is 18.6 Å². The van der Waals surface area contributed by atoms with E-state index in [1.807, 2.05) is 0 Å². The summed E-state index contributed by atoms with van der Waals surface area (Å²) >= 11 is 0. The Morgan fingerprint density at radius 2 is 1.87 bits per heavy atom. The Morgan fingerprint density at radius 1 is 1.13 bits per heavy atom. The van der Waals surface area contributed by atoms with Crippen molar-refractivity contribution in [2.75, 3.05) is 11.4 Å². The SMILES string of the molecule is Cc1cc(-c2cnc3c(N(CC(F)F)C(=O)O)cc(C(=O)c4ccccc4O)cn23)ccc1C(=O)NC1CC1. The highest BCUT2D eigenvalue weighted by Gasteiger charge is 2.27. The Bertz CT molecular complexity index is 1610. The number of carbonyl (C=O) groups is 3. The maximum absolute atomic E-state index is 13.4. The number of hydrogen-bond acceptors (Lipinski definition) is 5. The molecule has 2 aromatic heterocycles. The number of aryl methyl sites for hydroxylation is 1. The van der Waals surface area contributed by atoms with Gasteiger partial charge in [-0.15, -0.1) is 0 Å². The van der Waals surface area contributed by atoms with Crippen molar-refractivity contribution in [3.63, 3.8) is 0 Å². The maximum Gasteiger partial charge on any atom is 0.412 e. The van der Waals surface area contributed by atoms with Gasteiger partial charge in [0.1, 0.15) is 5.75 Å². The van der Waals surface area contributed by atoms with Crippen molar-refractivity contribution in [3.05, 3.63) is 83.2 Å². The van der Waals surface area contributed by atoms with Crippen LogP contribution in [0.15, 0.2) is 60.9 Å². The minimum atomic E-state index is -2.98. The summed E-state index contributed by atoms with van der Waals surface area (Å²) in [5.41, 5.74) is 1.98. The molecule has 2 aromatic carbocycles. The van der Waals surface area contributed by atoms with Crippen LogP contribution in [0, 0.1) is 6.92 Å². The maximum atomic E-state index is 13.4. The van der Waals surface area contributed by atoms with E-state index >= 15 is 0 Å². The Kier molecular flexibility index (Phi) is 6.73. The van der Waals surface area contributed by atoms with Gasteiger partial charge >= 0.3 is 6.09 Å². The van der Waals surface area contributed by atoms with Gasteiger partial charge in [0.25, 0.3) is 12.3 Å². The Hall–Kier alpha value is -4.80. The number of benzene rings is 2. The first-order valence-corrected chi connectivity index (χ1v) is 12.2. The van der Waals surface area contributed by atoms with Crippen LogP contribution in [0.5, 0.6) is 5.75 Å². The highest BCUT2D eigenvalue weighted by atomic mass is 19.3. The number of carbonyl (C=O) groups excluding carboxylic acids is 2. The van der Waals surface area contributed by atoms with Gasteiger partial charge in [0.2, 0.25) is 0 Å². The Morgan fingerprint density at radius 3 is 2.51 bits per heavy atom. The van der Waals surface area contributed by atoms with Gasteiger partial charge in [-0.3, -0.25) is 18.9 Å². The molecule has 3 N–H and O–H groups in total. The molecule has 2 amide bonds. The third-order valence-electron chi connectivity index (χ3n) is 6.52. The molecular formula is C28H24F2N4O5. The van der Waals surface area contributed by atoms with Crippen molar-refractivity contribution in [1.82, 2.24) is 14.7 Å². The summed E-state index contributed by atoms with van der Waals surface area (Å²) < 4.78 is 28.1. The first kappa shape index (κ1) is 25.8. The number of halogens is 2. The van der Waals surface area contributed by atoms with Crippen LogP contribution >= 0.6 is 0 Å². The van der Waals surface area contributed by atoms with Crippen molar-refractivity contribution < 1.29 is 33.4 Å². The van der Waals surface area contributed by atoms with E-state index < -0.39 is 24.8 Å². The van der Waals surface area contributed by atoms with Crippen LogP contribution in [0.2, 0.25) is 0 Å². The van der Waals surface area contributed by atoms with Gasteiger partial charge in [0, 0.05) is 28.9 Å². The van der Waals surface area contributed by atoms with Crippen molar-refractivity contribution >= 4 is 29.1 Å². The molecule has 1 saturated carbocycles. The van der Waals surface area contributed by atoms with Crippen LogP contribution in [-0.2, 0) is 0 Å². The highest BCUT2D eigenvalue weighted by molar-refractivity contribution is 6.11. The van der Waals surface area contributed by atoms with Crippen LogP contribution in [0.3, 0.4) is 0 Å². The van der Waals surface area contributed by atoms with Crippen LogP contribution in [0.25, 0.3) is 16.9 Å². The van der Waals surface area contributed by atoms with Crippen LogP contribution in [0.4, 0.5) is 19.3 Å². The van der Waals surface area contributed by atoms with E-state index in [0.717, 1.165) is 12.8 Å². The van der Waals surface area contributed by atoms with Gasteiger partial charge in [-0.05, 0) is 55.7 Å². The van der Waals surface area contributed by atoms with Gasteiger partial charge in [0.05, 0.1) is 29.7 Å². The highest BCUT2D eigenvalue weighted by Crippen LogP contribution is 2.32. The van der Waals surface area contributed by atoms with E-state index in [9.17, 15) is 33.4 Å². The molecule has 0 saturated heterocycles. The van der Waals surface area contributed by atoms with E-state index in [1.165, 1.54) is 35.0 Å². The lowest BCUT2D eigenvalue weighted by Gasteiger charge is -2.20. The van der Waals surface area contributed by atoms with E-state index in [1.54, 1.807) is 37.3 Å². The third-order valence-corrected chi connectivity index (χ3v) is 6.52. The average molecular weight is 535 g/mol. The first-order chi connectivity index (χ1) is 18.6. The second kappa shape index (κ2) is 10.2. The van der Waals surface area contributed by atoms with Crippen molar-refractivity contribution in [2.24, 2.45) is 0 Å². The van der Waals surface area contributed by atoms with Crippen molar-refractivity contribution in [1.29, 1.82) is 0 Å². The summed E-state index contributed by atoms with van der Waals surface area (Å²) in [6.07, 6.45) is 0.137. The number of phenolic OH excluding ortho intramolecular Hbond substituents is 1. The van der Waals surface area contributed by atoms with E-state index in [4.69, 9.17) is 0 Å². The normalized spacial score (nSPS) is 13.0. The Balaban J connectivity index is 1.66. The van der Waals surface area contributed by atoms with Crippen LogP contribution in [0.1, 0.15) is 44.7 Å². The molecule has 4 aromatic rings. The van der Waals surface area contributed by atoms with Crippen molar-refractivity contribution in [3.8, 4) is 17.0 Å². The number of nitrogens with one attached hydrogen (secondary N) is 1. The van der Waals surface area contributed by atoms with Gasteiger partial charge in [-0.2, -0.15) is 0 Å². The smallest absolute Gasteiger partial charge is 0.412 e. The fourth-order valence-corrected chi connectivity index (χ4v) is 4.41. The molecule has 5 rings (SSSR count). The summed E-state index contributed by atoms with van der Waals surface area (Å²) in [6, 6.07) is 12.3. The predicted molar refractivity (Wildman–Crippen MR) is 139 cm³/mol. The lowest BCUT2D eigenvalue weighted by atomic mass is 10.0. The second-order valence-corrected chi connectivity index (χ2v) is 9.36. The summed E-state index contributed by atoms with van der Waals surface area (Å²) in [4.78, 5) is 42.7. The number of anilines is 1. The quantitative estimate of drug-likeness (QED) is 0.277. The monoisotopic (exact) mass is 534 g/mol. The third kappa shape index (κ3) is 5.15. The number of pyridine rings is 1. The molecule has 9 nitrogen and oxygen atoms in total. The zero-order valence-corrected chi connectivity index (χ0v) is 20.8. The fraction of sp³-hybridized carbons (Fsp3) is 0.214. The summed E-state index contributed by atoms with van der Waals surface area (Å²) in [6.45, 7) is 0.646. The molecule has 0 unspecified atom stereocenters. The second-order valence-electron chi connectivity index (χ2n) is 9.36. The molecule has 1 aliphatic carbocycles. The number of amides is 2. The number of ketones is 1. The molecule has 0 aliphatic heterocycles. The minimum Gasteiger partial charge on any atom is -0.507 e. The number of para-hydroxylation sites is 1. The van der Waals surface area contributed by atoms with Crippen molar-refractivity contribution in [2.45, 2.75) is 32.2 Å². The number of rotatable bonds is 8. The molecule has 0 bridgehead atoms. The number of imidazole rings is 1. The number of fused-ring (bicyclic) bond motifs is 1. The number of aromatic nitrogens is 2. The number of carboxylic acid groups (broad SMARTS) is 1. The summed E-state index contributed by atoms with van der Waals surface area (Å²) in [5.74, 6) is -1.10. The Labute approximate surface area is 221 Å². The molecule has 2 heterocycles. The number of nitrogens with zero attached hydrogens (tertiary/aromatic N) is 3. The van der Waals surface area contributed by atoms with E-state index in [2.05, 4.69) is 10.3 Å². The average Bonchev–Trinajstić information content (AvgIpc) is 3.60. The topological polar surface area (TPSA) is 124 Å². The van der Waals surface area contributed by atoms with Gasteiger partial charge in [-0.1, -0.05) is 18.2 Å². The van der Waals surface area contributed by atoms with Gasteiger partial charge < -0.3 is 15.5 Å². The molecular weight excluding hydrogens is 510 g/mol. The molecule has 200 valence electrons. The first-order valence-electron chi connectivity index (χ1n) is 12.2. The fourth-order valence-electron chi connectivity index (χ4n) is 4.41. The summed E-state index contributed by atoms with van der Waals surface area (Å²) in [5, 5.41) is 22.9. The number of aromatic hydroxyl groups is 1. The molecule has 1 fully saturated rings.